The van der Waals surface area contributed by atoms with Gasteiger partial charge in [0.2, 0.25) is 6.23 Å². The minimum absolute atomic E-state index is 0.204. The molecule has 49 heavy (non-hydrogen) atoms. The lowest BCUT2D eigenvalue weighted by Crippen LogP contribution is -2.43. The fraction of sp³-hybridized carbons (Fsp3) is 0.361. The highest BCUT2D eigenvalue weighted by atomic mass is 32.2. The van der Waals surface area contributed by atoms with Gasteiger partial charge >= 0.3 is 6.18 Å². The first-order chi connectivity index (χ1) is 23.7. The van der Waals surface area contributed by atoms with E-state index < -0.39 is 18.0 Å². The van der Waals surface area contributed by atoms with Gasteiger partial charge in [0.15, 0.2) is 11.0 Å². The zero-order valence-corrected chi connectivity index (χ0v) is 27.5. The van der Waals surface area contributed by atoms with Crippen LogP contribution in [0.25, 0.3) is 11.1 Å². The number of thioether (sulfide) groups is 1. The highest BCUT2D eigenvalue weighted by Crippen LogP contribution is 2.34. The van der Waals surface area contributed by atoms with E-state index in [1.54, 1.807) is 12.1 Å². The second-order valence-electron chi connectivity index (χ2n) is 12.3. The second-order valence-corrected chi connectivity index (χ2v) is 13.2. The fourth-order valence-corrected chi connectivity index (χ4v) is 7.42. The van der Waals surface area contributed by atoms with Crippen molar-refractivity contribution in [2.24, 2.45) is 5.16 Å². The van der Waals surface area contributed by atoms with Crippen LogP contribution in [0.2, 0.25) is 0 Å². The van der Waals surface area contributed by atoms with Crippen molar-refractivity contribution >= 4 is 17.6 Å². The van der Waals surface area contributed by atoms with Crippen molar-refractivity contribution < 1.29 is 27.1 Å². The predicted octanol–water partition coefficient (Wildman–Crippen LogP) is 6.53. The van der Waals surface area contributed by atoms with Crippen molar-refractivity contribution in [2.45, 2.75) is 49.1 Å². The molecular formula is C36H35F4N5O3S. The summed E-state index contributed by atoms with van der Waals surface area (Å²) in [5.74, 6) is 0.915. The standard InChI is InChI=1S/C36H35F4N5O3S/c37-29-14-4-24(5-15-29)23-49-35-41-33(46)30-2-1-3-31(30)45(35)22-32-42-48-34(44(32)17-16-43-18-20-47-21-19-43)27-8-6-25(7-9-27)26-10-12-28(13-11-26)36(38,39)40/h4-15,34H,1-3,16-23H2. The molecule has 0 radical (unpaired) electrons. The fourth-order valence-electron chi connectivity index (χ4n) is 6.46. The van der Waals surface area contributed by atoms with Crippen LogP contribution in [0.3, 0.4) is 0 Å². The molecule has 13 heteroatoms. The molecular weight excluding hydrogens is 658 g/mol. The molecule has 1 unspecified atom stereocenters. The number of rotatable bonds is 10. The molecule has 1 saturated heterocycles. The molecule has 1 aromatic heterocycles. The van der Waals surface area contributed by atoms with Crippen LogP contribution in [0.15, 0.2) is 87.9 Å². The van der Waals surface area contributed by atoms with Gasteiger partial charge < -0.3 is 19.0 Å². The van der Waals surface area contributed by atoms with Crippen molar-refractivity contribution in [1.29, 1.82) is 0 Å². The summed E-state index contributed by atoms with van der Waals surface area (Å²) in [7, 11) is 0. The van der Waals surface area contributed by atoms with Gasteiger partial charge in [-0.3, -0.25) is 9.69 Å². The normalized spacial score (nSPS) is 18.0. The summed E-state index contributed by atoms with van der Waals surface area (Å²) in [5, 5.41) is 5.16. The number of nitrogens with zero attached hydrogens (tertiary/aromatic N) is 5. The van der Waals surface area contributed by atoms with E-state index in [0.29, 0.717) is 55.0 Å². The summed E-state index contributed by atoms with van der Waals surface area (Å²) < 4.78 is 60.4. The predicted molar refractivity (Wildman–Crippen MR) is 179 cm³/mol. The summed E-state index contributed by atoms with van der Waals surface area (Å²) >= 11 is 1.44. The summed E-state index contributed by atoms with van der Waals surface area (Å²) in [4.78, 5) is 28.1. The first-order valence-corrected chi connectivity index (χ1v) is 17.3. The largest absolute Gasteiger partial charge is 0.416 e. The van der Waals surface area contributed by atoms with E-state index in [0.717, 1.165) is 72.6 Å². The van der Waals surface area contributed by atoms with Crippen molar-refractivity contribution in [1.82, 2.24) is 19.4 Å². The van der Waals surface area contributed by atoms with Crippen LogP contribution in [0.5, 0.6) is 0 Å². The summed E-state index contributed by atoms with van der Waals surface area (Å²) in [6, 6.07) is 19.0. The summed E-state index contributed by atoms with van der Waals surface area (Å²) in [6.07, 6.45) is -2.60. The van der Waals surface area contributed by atoms with Gasteiger partial charge in [-0.05, 0) is 60.2 Å². The Kier molecular flexibility index (Phi) is 9.75. The molecule has 0 saturated carbocycles. The monoisotopic (exact) mass is 693 g/mol. The average Bonchev–Trinajstić information content (AvgIpc) is 3.77. The van der Waals surface area contributed by atoms with Crippen molar-refractivity contribution in [3.63, 3.8) is 0 Å². The van der Waals surface area contributed by atoms with E-state index in [1.165, 1.54) is 36.0 Å². The van der Waals surface area contributed by atoms with Gasteiger partial charge in [-0.25, -0.2) is 4.39 Å². The van der Waals surface area contributed by atoms with Gasteiger partial charge in [-0.15, -0.1) is 0 Å². The molecule has 4 aromatic rings. The number of halogens is 4. The molecule has 3 heterocycles. The highest BCUT2D eigenvalue weighted by molar-refractivity contribution is 7.98. The van der Waals surface area contributed by atoms with Gasteiger partial charge in [0.05, 0.1) is 25.3 Å². The van der Waals surface area contributed by atoms with Crippen molar-refractivity contribution in [3.8, 4) is 11.1 Å². The molecule has 256 valence electrons. The zero-order chi connectivity index (χ0) is 34.0. The molecule has 1 fully saturated rings. The topological polar surface area (TPSA) is 72.2 Å². The SMILES string of the molecule is O=c1nc(SCc2ccc(F)cc2)n(CC2=NOC(c3ccc(-c4ccc(C(F)(F)F)cc4)cc3)N2CCN2CCOCC2)c2c1CCC2. The van der Waals surface area contributed by atoms with Crippen molar-refractivity contribution in [3.05, 3.63) is 117 Å². The van der Waals surface area contributed by atoms with Gasteiger partial charge in [-0.1, -0.05) is 65.4 Å². The molecule has 1 atom stereocenters. The lowest BCUT2D eigenvalue weighted by molar-refractivity contribution is -0.137. The number of benzene rings is 3. The van der Waals surface area contributed by atoms with Crippen LogP contribution in [0.4, 0.5) is 17.6 Å². The molecule has 3 aliphatic rings. The van der Waals surface area contributed by atoms with Crippen LogP contribution < -0.4 is 5.56 Å². The molecule has 2 aliphatic heterocycles. The number of ether oxygens (including phenoxy) is 1. The molecule has 7 rings (SSSR count). The average molecular weight is 694 g/mol. The maximum absolute atomic E-state index is 13.5. The van der Waals surface area contributed by atoms with Crippen LogP contribution in [-0.2, 0) is 40.9 Å². The molecule has 3 aromatic carbocycles. The van der Waals surface area contributed by atoms with Crippen LogP contribution in [-0.4, -0.2) is 64.6 Å². The smallest absolute Gasteiger partial charge is 0.379 e. The number of morpholine rings is 1. The highest BCUT2D eigenvalue weighted by Gasteiger charge is 2.34. The number of oxime groups is 1. The number of fused-ring (bicyclic) bond motifs is 1. The quantitative estimate of drug-likeness (QED) is 0.106. The summed E-state index contributed by atoms with van der Waals surface area (Å²) in [6.45, 7) is 4.75. The van der Waals surface area contributed by atoms with E-state index in [-0.39, 0.29) is 11.4 Å². The molecule has 0 amide bonds. The zero-order valence-electron chi connectivity index (χ0n) is 26.7. The van der Waals surface area contributed by atoms with E-state index in [4.69, 9.17) is 9.57 Å². The number of alkyl halides is 3. The van der Waals surface area contributed by atoms with Gasteiger partial charge in [0.25, 0.3) is 5.56 Å². The Morgan fingerprint density at radius 3 is 2.27 bits per heavy atom. The Hall–Kier alpha value is -4.20. The lowest BCUT2D eigenvalue weighted by Gasteiger charge is -2.31. The first kappa shape index (κ1) is 33.3. The van der Waals surface area contributed by atoms with Crippen LogP contribution >= 0.6 is 11.8 Å². The minimum atomic E-state index is -4.39. The van der Waals surface area contributed by atoms with Crippen LogP contribution in [0.1, 0.15) is 40.6 Å². The van der Waals surface area contributed by atoms with Gasteiger partial charge in [0.1, 0.15) is 5.82 Å². The minimum Gasteiger partial charge on any atom is -0.379 e. The maximum atomic E-state index is 13.5. The Bertz CT molecular complexity index is 1860. The second kappa shape index (κ2) is 14.3. The molecule has 0 bridgehead atoms. The molecule has 0 spiro atoms. The Morgan fingerprint density at radius 1 is 0.878 bits per heavy atom. The number of hydrogen-bond acceptors (Lipinski definition) is 8. The Labute approximate surface area is 285 Å². The number of hydrogen-bond donors (Lipinski definition) is 0. The van der Waals surface area contributed by atoms with Crippen LogP contribution in [0, 0.1) is 5.82 Å². The maximum Gasteiger partial charge on any atom is 0.416 e. The first-order valence-electron chi connectivity index (χ1n) is 16.3. The Morgan fingerprint density at radius 2 is 1.57 bits per heavy atom. The van der Waals surface area contributed by atoms with Crippen molar-refractivity contribution in [2.75, 3.05) is 39.4 Å². The van der Waals surface area contributed by atoms with E-state index >= 15 is 0 Å². The summed E-state index contributed by atoms with van der Waals surface area (Å²) in [5.41, 5.74) is 4.04. The number of aromatic nitrogens is 2. The van der Waals surface area contributed by atoms with E-state index in [9.17, 15) is 22.4 Å². The third-order valence-corrected chi connectivity index (χ3v) is 10.2. The van der Waals surface area contributed by atoms with E-state index in [2.05, 4.69) is 24.5 Å². The molecule has 8 nitrogen and oxygen atoms in total. The third-order valence-electron chi connectivity index (χ3n) is 9.16. The lowest BCUT2D eigenvalue weighted by atomic mass is 10.0. The van der Waals surface area contributed by atoms with Gasteiger partial charge in [-0.2, -0.15) is 18.2 Å². The van der Waals surface area contributed by atoms with Gasteiger partial charge in [0, 0.05) is 48.8 Å². The number of amidine groups is 1. The third kappa shape index (κ3) is 7.53. The molecule has 0 N–H and O–H groups in total. The Balaban J connectivity index is 1.15. The van der Waals surface area contributed by atoms with E-state index in [1.807, 2.05) is 24.3 Å². The molecule has 1 aliphatic carbocycles.